The lowest BCUT2D eigenvalue weighted by Gasteiger charge is -2.31. The van der Waals surface area contributed by atoms with Gasteiger partial charge in [0.15, 0.2) is 0 Å². The molecular formula is C19H25N3O. The molecular weight excluding hydrogens is 286 g/mol. The van der Waals surface area contributed by atoms with Crippen molar-refractivity contribution < 1.29 is 4.79 Å². The maximum absolute atomic E-state index is 12.6. The predicted molar refractivity (Wildman–Crippen MR) is 91.5 cm³/mol. The molecule has 3 rings (SSSR count). The number of hydrogen-bond donors (Lipinski definition) is 0. The summed E-state index contributed by atoms with van der Waals surface area (Å²) in [5.74, 6) is 0.771. The van der Waals surface area contributed by atoms with Gasteiger partial charge in [-0.05, 0) is 56.4 Å². The summed E-state index contributed by atoms with van der Waals surface area (Å²) in [6.07, 6.45) is 2.34. The van der Waals surface area contributed by atoms with Crippen LogP contribution in [0, 0.1) is 19.8 Å². The first-order valence-electron chi connectivity index (χ1n) is 8.42. The van der Waals surface area contributed by atoms with Crippen molar-refractivity contribution in [1.82, 2.24) is 14.7 Å². The first kappa shape index (κ1) is 15.8. The van der Waals surface area contributed by atoms with Crippen LogP contribution in [0.3, 0.4) is 0 Å². The standard InChI is InChI=1S/C19H25N3O/c1-14-5-4-10-21(12-14)19(23)18-8-6-17(7-9-18)13-22-16(3)11-15(2)20-22/h6-9,11,14H,4-5,10,12-13H2,1-3H3/t14-/m0/s1. The summed E-state index contributed by atoms with van der Waals surface area (Å²) in [7, 11) is 0. The Labute approximate surface area is 138 Å². The third-order valence-corrected chi connectivity index (χ3v) is 4.58. The van der Waals surface area contributed by atoms with E-state index in [1.165, 1.54) is 12.0 Å². The molecule has 1 saturated heterocycles. The van der Waals surface area contributed by atoms with Crippen molar-refractivity contribution in [3.8, 4) is 0 Å². The summed E-state index contributed by atoms with van der Waals surface area (Å²) in [5, 5.41) is 4.49. The number of nitrogens with zero attached hydrogens (tertiary/aromatic N) is 3. The SMILES string of the molecule is Cc1cc(C)n(Cc2ccc(C(=O)N3CCC[C@H](C)C3)cc2)n1. The van der Waals surface area contributed by atoms with Crippen molar-refractivity contribution in [3.05, 3.63) is 52.8 Å². The van der Waals surface area contributed by atoms with Crippen LogP contribution in [-0.4, -0.2) is 33.7 Å². The highest BCUT2D eigenvalue weighted by molar-refractivity contribution is 5.94. The lowest BCUT2D eigenvalue weighted by molar-refractivity contribution is 0.0683. The van der Waals surface area contributed by atoms with Gasteiger partial charge < -0.3 is 4.90 Å². The number of likely N-dealkylation sites (tertiary alicyclic amines) is 1. The minimum Gasteiger partial charge on any atom is -0.338 e. The average Bonchev–Trinajstić information content (AvgIpc) is 2.85. The maximum atomic E-state index is 12.6. The molecule has 0 radical (unpaired) electrons. The Morgan fingerprint density at radius 3 is 2.61 bits per heavy atom. The predicted octanol–water partition coefficient (Wildman–Crippen LogP) is 3.42. The Balaban J connectivity index is 1.69. The molecule has 0 N–H and O–H groups in total. The van der Waals surface area contributed by atoms with Crippen LogP contribution in [0.1, 0.15) is 47.1 Å². The van der Waals surface area contributed by atoms with E-state index in [1.54, 1.807) is 0 Å². The van der Waals surface area contributed by atoms with Crippen molar-refractivity contribution in [1.29, 1.82) is 0 Å². The lowest BCUT2D eigenvalue weighted by Crippen LogP contribution is -2.39. The normalized spacial score (nSPS) is 18.2. The van der Waals surface area contributed by atoms with E-state index in [0.29, 0.717) is 5.92 Å². The molecule has 0 bridgehead atoms. The Kier molecular flexibility index (Phi) is 4.51. The highest BCUT2D eigenvalue weighted by Gasteiger charge is 2.21. The minimum absolute atomic E-state index is 0.161. The molecule has 1 amide bonds. The quantitative estimate of drug-likeness (QED) is 0.871. The molecule has 23 heavy (non-hydrogen) atoms. The zero-order valence-electron chi connectivity index (χ0n) is 14.2. The molecule has 1 aliphatic heterocycles. The summed E-state index contributed by atoms with van der Waals surface area (Å²) in [5.41, 5.74) is 4.15. The zero-order valence-corrected chi connectivity index (χ0v) is 14.2. The molecule has 122 valence electrons. The van der Waals surface area contributed by atoms with Crippen LogP contribution in [0.2, 0.25) is 0 Å². The van der Waals surface area contributed by atoms with Gasteiger partial charge in [-0.3, -0.25) is 9.48 Å². The smallest absolute Gasteiger partial charge is 0.253 e. The monoisotopic (exact) mass is 311 g/mol. The number of carbonyl (C=O) groups is 1. The topological polar surface area (TPSA) is 38.1 Å². The average molecular weight is 311 g/mol. The molecule has 0 saturated carbocycles. The number of benzene rings is 1. The molecule has 1 fully saturated rings. The van der Waals surface area contributed by atoms with Gasteiger partial charge >= 0.3 is 0 Å². The van der Waals surface area contributed by atoms with Crippen molar-refractivity contribution in [2.75, 3.05) is 13.1 Å². The van der Waals surface area contributed by atoms with Gasteiger partial charge in [-0.25, -0.2) is 0 Å². The minimum atomic E-state index is 0.161. The third kappa shape index (κ3) is 3.63. The van der Waals surface area contributed by atoms with Gasteiger partial charge in [0.2, 0.25) is 0 Å². The van der Waals surface area contributed by atoms with Crippen LogP contribution in [-0.2, 0) is 6.54 Å². The van der Waals surface area contributed by atoms with E-state index in [0.717, 1.165) is 43.0 Å². The van der Waals surface area contributed by atoms with Crippen molar-refractivity contribution in [3.63, 3.8) is 0 Å². The van der Waals surface area contributed by atoms with Crippen LogP contribution in [0.15, 0.2) is 30.3 Å². The van der Waals surface area contributed by atoms with Crippen LogP contribution < -0.4 is 0 Å². The van der Waals surface area contributed by atoms with Gasteiger partial charge in [0.1, 0.15) is 0 Å². The van der Waals surface area contributed by atoms with E-state index in [9.17, 15) is 4.79 Å². The van der Waals surface area contributed by atoms with Crippen LogP contribution >= 0.6 is 0 Å². The molecule has 2 heterocycles. The van der Waals surface area contributed by atoms with Crippen molar-refractivity contribution in [2.45, 2.75) is 40.2 Å². The zero-order chi connectivity index (χ0) is 16.4. The summed E-state index contributed by atoms with van der Waals surface area (Å²) in [6, 6.07) is 10.1. The van der Waals surface area contributed by atoms with Gasteiger partial charge in [-0.2, -0.15) is 5.10 Å². The second-order valence-electron chi connectivity index (χ2n) is 6.78. The fourth-order valence-electron chi connectivity index (χ4n) is 3.32. The Morgan fingerprint density at radius 2 is 2.00 bits per heavy atom. The van der Waals surface area contributed by atoms with E-state index in [4.69, 9.17) is 0 Å². The molecule has 4 nitrogen and oxygen atoms in total. The van der Waals surface area contributed by atoms with E-state index in [2.05, 4.69) is 25.0 Å². The van der Waals surface area contributed by atoms with Crippen molar-refractivity contribution in [2.24, 2.45) is 5.92 Å². The number of hydrogen-bond acceptors (Lipinski definition) is 2. The summed E-state index contributed by atoms with van der Waals surface area (Å²) < 4.78 is 2.00. The number of aromatic nitrogens is 2. The Morgan fingerprint density at radius 1 is 1.26 bits per heavy atom. The van der Waals surface area contributed by atoms with E-state index >= 15 is 0 Å². The molecule has 4 heteroatoms. The molecule has 2 aromatic rings. The Bertz CT molecular complexity index is 687. The van der Waals surface area contributed by atoms with Gasteiger partial charge in [0, 0.05) is 24.3 Å². The van der Waals surface area contributed by atoms with Crippen molar-refractivity contribution >= 4 is 5.91 Å². The molecule has 1 atom stereocenters. The number of amides is 1. The second kappa shape index (κ2) is 6.57. The number of carbonyl (C=O) groups excluding carboxylic acids is 1. The first-order valence-corrected chi connectivity index (χ1v) is 8.42. The summed E-state index contributed by atoms with van der Waals surface area (Å²) in [4.78, 5) is 14.6. The van der Waals surface area contributed by atoms with E-state index in [-0.39, 0.29) is 5.91 Å². The van der Waals surface area contributed by atoms with Gasteiger partial charge in [0.05, 0.1) is 12.2 Å². The molecule has 1 aromatic heterocycles. The summed E-state index contributed by atoms with van der Waals surface area (Å²) >= 11 is 0. The van der Waals surface area contributed by atoms with Crippen LogP contribution in [0.25, 0.3) is 0 Å². The number of rotatable bonds is 3. The van der Waals surface area contributed by atoms with E-state index < -0.39 is 0 Å². The highest BCUT2D eigenvalue weighted by Crippen LogP contribution is 2.18. The summed E-state index contributed by atoms with van der Waals surface area (Å²) in [6.45, 7) is 8.80. The van der Waals surface area contributed by atoms with E-state index in [1.807, 2.05) is 40.8 Å². The molecule has 0 unspecified atom stereocenters. The third-order valence-electron chi connectivity index (χ3n) is 4.58. The highest BCUT2D eigenvalue weighted by atomic mass is 16.2. The van der Waals surface area contributed by atoms with Crippen LogP contribution in [0.4, 0.5) is 0 Å². The molecule has 1 aromatic carbocycles. The second-order valence-corrected chi connectivity index (χ2v) is 6.78. The fraction of sp³-hybridized carbons (Fsp3) is 0.474. The number of aryl methyl sites for hydroxylation is 2. The fourth-order valence-corrected chi connectivity index (χ4v) is 3.32. The van der Waals surface area contributed by atoms with Gasteiger partial charge in [-0.1, -0.05) is 19.1 Å². The maximum Gasteiger partial charge on any atom is 0.253 e. The van der Waals surface area contributed by atoms with Gasteiger partial charge in [0.25, 0.3) is 5.91 Å². The Hall–Kier alpha value is -2.10. The first-order chi connectivity index (χ1) is 11.0. The van der Waals surface area contributed by atoms with Crippen LogP contribution in [0.5, 0.6) is 0 Å². The van der Waals surface area contributed by atoms with Gasteiger partial charge in [-0.15, -0.1) is 0 Å². The number of piperidine rings is 1. The lowest BCUT2D eigenvalue weighted by atomic mass is 9.99. The largest absolute Gasteiger partial charge is 0.338 e. The molecule has 0 aliphatic carbocycles. The molecule has 0 spiro atoms. The molecule has 1 aliphatic rings.